The summed E-state index contributed by atoms with van der Waals surface area (Å²) in [5.74, 6) is -5.06. The molecule has 30 heavy (non-hydrogen) atoms. The number of esters is 1. The first-order valence-electron chi connectivity index (χ1n) is 8.40. The second-order valence-corrected chi connectivity index (χ2v) is 7.41. The van der Waals surface area contributed by atoms with Crippen molar-refractivity contribution in [2.24, 2.45) is 0 Å². The van der Waals surface area contributed by atoms with E-state index < -0.39 is 46.2 Å². The van der Waals surface area contributed by atoms with Gasteiger partial charge in [0.1, 0.15) is 0 Å². The summed E-state index contributed by atoms with van der Waals surface area (Å²) in [7, 11) is -6.08. The van der Waals surface area contributed by atoms with E-state index in [1.807, 2.05) is 0 Å². The van der Waals surface area contributed by atoms with Crippen LogP contribution in [0.1, 0.15) is 12.8 Å². The fourth-order valence-electron chi connectivity index (χ4n) is 2.20. The first kappa shape index (κ1) is 28.8. The number of aliphatic hydroxyl groups excluding tert-OH is 2. The van der Waals surface area contributed by atoms with Crippen LogP contribution in [0.5, 0.6) is 0 Å². The number of aliphatic hydroxyl groups is 2. The largest absolute Gasteiger partial charge is 0.748 e. The van der Waals surface area contributed by atoms with Crippen LogP contribution in [0.4, 0.5) is 26.3 Å². The minimum atomic E-state index is -6.40. The van der Waals surface area contributed by atoms with Crippen LogP contribution in [0.15, 0.2) is 0 Å². The van der Waals surface area contributed by atoms with Crippen LogP contribution < -0.4 is 0 Å². The molecule has 0 bridgehead atoms. The normalized spacial score (nSPS) is 13.7. The number of halogens is 6. The van der Waals surface area contributed by atoms with Gasteiger partial charge in [-0.3, -0.25) is 9.69 Å². The summed E-state index contributed by atoms with van der Waals surface area (Å²) in [6.07, 6.45) is -14.1. The molecular weight excluding hydrogens is 456 g/mol. The van der Waals surface area contributed by atoms with Gasteiger partial charge in [0.15, 0.2) is 0 Å². The Kier molecular flexibility index (Phi) is 11.5. The van der Waals surface area contributed by atoms with Gasteiger partial charge in [-0.25, -0.2) is 8.42 Å². The third-order valence-corrected chi connectivity index (χ3v) is 4.40. The molecule has 0 aliphatic heterocycles. The highest BCUT2D eigenvalue weighted by molar-refractivity contribution is 7.85. The zero-order valence-electron chi connectivity index (χ0n) is 15.5. The second-order valence-electron chi connectivity index (χ2n) is 6.00. The van der Waals surface area contributed by atoms with E-state index >= 15 is 0 Å². The molecular formula is C14H22F6NO8S-. The lowest BCUT2D eigenvalue weighted by atomic mass is 10.1. The minimum Gasteiger partial charge on any atom is -0.748 e. The second kappa shape index (κ2) is 12.0. The molecule has 0 saturated carbocycles. The van der Waals surface area contributed by atoms with Crippen LogP contribution in [0.3, 0.4) is 0 Å². The van der Waals surface area contributed by atoms with Gasteiger partial charge in [0, 0.05) is 32.7 Å². The quantitative estimate of drug-likeness (QED) is 0.153. The standard InChI is InChI=1S/C14H23F6NO8S/c15-13(16,17)12(14(18,19)20,10-30(25,26)27)29-11(24)2-1-8-28-9-5-21(3-6-22)4-7-23/h22-23H,1-10H2,(H,25,26,27)/p-1. The lowest BCUT2D eigenvalue weighted by Crippen LogP contribution is -2.63. The Morgan fingerprint density at radius 3 is 1.83 bits per heavy atom. The monoisotopic (exact) mass is 478 g/mol. The topological polar surface area (TPSA) is 136 Å². The fraction of sp³-hybridized carbons (Fsp3) is 0.929. The van der Waals surface area contributed by atoms with Gasteiger partial charge < -0.3 is 24.2 Å². The number of alkyl halides is 6. The van der Waals surface area contributed by atoms with E-state index in [9.17, 15) is 44.1 Å². The molecule has 0 fully saturated rings. The van der Waals surface area contributed by atoms with Crippen molar-refractivity contribution in [1.82, 2.24) is 4.90 Å². The Balaban J connectivity index is 4.82. The summed E-state index contributed by atoms with van der Waals surface area (Å²) in [6.45, 7) is 0.102. The Morgan fingerprint density at radius 2 is 1.43 bits per heavy atom. The summed E-state index contributed by atoms with van der Waals surface area (Å²) in [5.41, 5.74) is -5.48. The molecule has 0 aromatic heterocycles. The molecule has 0 amide bonds. The third kappa shape index (κ3) is 9.74. The van der Waals surface area contributed by atoms with E-state index in [0.717, 1.165) is 0 Å². The Bertz CT molecular complexity index is 605. The van der Waals surface area contributed by atoms with Gasteiger partial charge in [-0.15, -0.1) is 0 Å². The van der Waals surface area contributed by atoms with E-state index in [1.165, 1.54) is 0 Å². The number of hydrogen-bond acceptors (Lipinski definition) is 9. The highest BCUT2D eigenvalue weighted by Gasteiger charge is 2.75. The minimum absolute atomic E-state index is 0.0263. The number of ether oxygens (including phenoxy) is 2. The molecule has 0 aliphatic rings. The molecule has 0 atom stereocenters. The summed E-state index contributed by atoms with van der Waals surface area (Å²) < 4.78 is 118. The van der Waals surface area contributed by atoms with E-state index in [4.69, 9.17) is 14.9 Å². The van der Waals surface area contributed by atoms with Gasteiger partial charge in [-0.1, -0.05) is 0 Å². The average Bonchev–Trinajstić information content (AvgIpc) is 2.54. The first-order valence-corrected chi connectivity index (χ1v) is 9.98. The van der Waals surface area contributed by atoms with Crippen molar-refractivity contribution >= 4 is 16.1 Å². The van der Waals surface area contributed by atoms with E-state index in [0.29, 0.717) is 0 Å². The van der Waals surface area contributed by atoms with Gasteiger partial charge >= 0.3 is 23.9 Å². The molecule has 0 rings (SSSR count). The molecule has 2 N–H and O–H groups in total. The van der Waals surface area contributed by atoms with Crippen LogP contribution in [0.25, 0.3) is 0 Å². The Morgan fingerprint density at radius 1 is 0.933 bits per heavy atom. The van der Waals surface area contributed by atoms with E-state index in [-0.39, 0.29) is 52.5 Å². The van der Waals surface area contributed by atoms with Gasteiger partial charge in [-0.2, -0.15) is 26.3 Å². The van der Waals surface area contributed by atoms with Crippen LogP contribution in [-0.2, 0) is 24.4 Å². The summed E-state index contributed by atoms with van der Waals surface area (Å²) in [4.78, 5) is 13.1. The van der Waals surface area contributed by atoms with Crippen molar-refractivity contribution in [3.8, 4) is 0 Å². The highest BCUT2D eigenvalue weighted by Crippen LogP contribution is 2.47. The molecule has 0 aliphatic carbocycles. The highest BCUT2D eigenvalue weighted by atomic mass is 32.2. The zero-order chi connectivity index (χ0) is 23.6. The maximum atomic E-state index is 13.0. The number of carbonyl (C=O) groups is 1. The summed E-state index contributed by atoms with van der Waals surface area (Å²) >= 11 is 0. The van der Waals surface area contributed by atoms with Crippen LogP contribution in [-0.4, -0.2) is 104 Å². The van der Waals surface area contributed by atoms with Crippen molar-refractivity contribution in [3.05, 3.63) is 0 Å². The number of carbonyl (C=O) groups excluding carboxylic acids is 1. The maximum absolute atomic E-state index is 13.0. The van der Waals surface area contributed by atoms with Crippen molar-refractivity contribution < 1.29 is 63.8 Å². The van der Waals surface area contributed by atoms with Crippen molar-refractivity contribution in [3.63, 3.8) is 0 Å². The molecule has 0 radical (unpaired) electrons. The molecule has 0 aromatic carbocycles. The maximum Gasteiger partial charge on any atom is 0.438 e. The molecule has 0 saturated heterocycles. The molecule has 0 spiro atoms. The van der Waals surface area contributed by atoms with Crippen molar-refractivity contribution in [2.75, 3.05) is 51.8 Å². The molecule has 16 heteroatoms. The zero-order valence-corrected chi connectivity index (χ0v) is 16.4. The average molecular weight is 478 g/mol. The first-order chi connectivity index (χ1) is 13.6. The summed E-state index contributed by atoms with van der Waals surface area (Å²) in [5, 5.41) is 17.6. The van der Waals surface area contributed by atoms with Crippen molar-refractivity contribution in [2.45, 2.75) is 30.8 Å². The Labute approximate surface area is 168 Å². The van der Waals surface area contributed by atoms with Crippen LogP contribution >= 0.6 is 0 Å². The predicted molar refractivity (Wildman–Crippen MR) is 86.2 cm³/mol. The molecule has 0 unspecified atom stereocenters. The Hall–Kier alpha value is -1.20. The number of hydrogen-bond donors (Lipinski definition) is 2. The van der Waals surface area contributed by atoms with Gasteiger partial charge in [0.05, 0.1) is 35.7 Å². The number of rotatable bonds is 14. The van der Waals surface area contributed by atoms with Crippen molar-refractivity contribution in [1.29, 1.82) is 0 Å². The lowest BCUT2D eigenvalue weighted by molar-refractivity contribution is -0.361. The molecule has 180 valence electrons. The van der Waals surface area contributed by atoms with E-state index in [1.54, 1.807) is 4.90 Å². The molecule has 9 nitrogen and oxygen atoms in total. The third-order valence-electron chi connectivity index (χ3n) is 3.64. The SMILES string of the molecule is O=C(CCCOCCN(CCO)CCO)OC(CS(=O)(=O)[O-])(C(F)(F)F)C(F)(F)F. The van der Waals surface area contributed by atoms with Gasteiger partial charge in [-0.05, 0) is 6.42 Å². The van der Waals surface area contributed by atoms with E-state index in [2.05, 4.69) is 4.74 Å². The van der Waals surface area contributed by atoms with Gasteiger partial charge in [0.2, 0.25) is 0 Å². The fourth-order valence-corrected chi connectivity index (χ4v) is 3.08. The molecule has 0 aromatic rings. The van der Waals surface area contributed by atoms with Gasteiger partial charge in [0.25, 0.3) is 0 Å². The lowest BCUT2D eigenvalue weighted by Gasteiger charge is -2.36. The van der Waals surface area contributed by atoms with Crippen LogP contribution in [0.2, 0.25) is 0 Å². The van der Waals surface area contributed by atoms with Crippen LogP contribution in [0, 0.1) is 0 Å². The summed E-state index contributed by atoms with van der Waals surface area (Å²) in [6, 6.07) is 0. The molecule has 0 heterocycles. The predicted octanol–water partition coefficient (Wildman–Crippen LogP) is 0.0216. The smallest absolute Gasteiger partial charge is 0.438 e. The number of nitrogens with zero attached hydrogens (tertiary/aromatic N) is 1.